The summed E-state index contributed by atoms with van der Waals surface area (Å²) in [6.07, 6.45) is 5.33. The van der Waals surface area contributed by atoms with Crippen molar-refractivity contribution >= 4 is 11.8 Å². The largest absolute Gasteiger partial charge is 0.317 e. The first-order valence-corrected chi connectivity index (χ1v) is 7.72. The van der Waals surface area contributed by atoms with Crippen LogP contribution in [0.3, 0.4) is 0 Å². The van der Waals surface area contributed by atoms with Crippen LogP contribution in [-0.2, 0) is 0 Å². The normalized spacial score (nSPS) is 24.8. The number of benzene rings is 1. The molecule has 0 radical (unpaired) electrons. The van der Waals surface area contributed by atoms with Crippen LogP contribution in [-0.4, -0.2) is 18.8 Å². The summed E-state index contributed by atoms with van der Waals surface area (Å²) in [6.45, 7) is 2.21. The Hall–Kier alpha value is -0.470. The molecule has 1 nitrogen and oxygen atoms in total. The van der Waals surface area contributed by atoms with Gasteiger partial charge in [-0.3, -0.25) is 0 Å². The fraction of sp³-hybridized carbons (Fsp3) is 0.600. The van der Waals surface area contributed by atoms with Gasteiger partial charge < -0.3 is 5.32 Å². The summed E-state index contributed by atoms with van der Waals surface area (Å²) in [5.41, 5.74) is 1.54. The zero-order chi connectivity index (χ0) is 12.1. The minimum atomic E-state index is 0.751. The summed E-state index contributed by atoms with van der Waals surface area (Å²) in [5.74, 6) is 1.95. The standard InChI is InChI=1S/C15H23NS/c1-3-17-15-10-6-13(7-11-15)12-4-8-14(16-2)9-5-12/h6-7,10-12,14,16H,3-5,8-9H2,1-2H3. The van der Waals surface area contributed by atoms with Gasteiger partial charge in [-0.2, -0.15) is 0 Å². The molecule has 1 aliphatic rings. The monoisotopic (exact) mass is 249 g/mol. The lowest BCUT2D eigenvalue weighted by Crippen LogP contribution is -2.29. The Morgan fingerprint density at radius 3 is 2.29 bits per heavy atom. The van der Waals surface area contributed by atoms with Gasteiger partial charge in [-0.15, -0.1) is 11.8 Å². The SMILES string of the molecule is CCSc1ccc(C2CCC(NC)CC2)cc1. The summed E-state index contributed by atoms with van der Waals surface area (Å²) >= 11 is 1.92. The first-order valence-electron chi connectivity index (χ1n) is 6.73. The van der Waals surface area contributed by atoms with Crippen LogP contribution in [0.15, 0.2) is 29.2 Å². The summed E-state index contributed by atoms with van der Waals surface area (Å²) in [7, 11) is 2.09. The maximum atomic E-state index is 3.40. The van der Waals surface area contributed by atoms with E-state index in [-0.39, 0.29) is 0 Å². The summed E-state index contributed by atoms with van der Waals surface area (Å²) in [5, 5.41) is 3.40. The molecule has 2 rings (SSSR count). The van der Waals surface area contributed by atoms with Gasteiger partial charge in [-0.1, -0.05) is 19.1 Å². The van der Waals surface area contributed by atoms with Gasteiger partial charge in [-0.25, -0.2) is 0 Å². The third-order valence-electron chi connectivity index (χ3n) is 3.80. The third-order valence-corrected chi connectivity index (χ3v) is 4.69. The zero-order valence-electron chi connectivity index (χ0n) is 10.9. The molecule has 0 unspecified atom stereocenters. The van der Waals surface area contributed by atoms with Crippen LogP contribution >= 0.6 is 11.8 Å². The molecule has 0 saturated heterocycles. The van der Waals surface area contributed by atoms with Crippen molar-refractivity contribution in [3.8, 4) is 0 Å². The molecule has 0 aromatic heterocycles. The van der Waals surface area contributed by atoms with Gasteiger partial charge in [0.15, 0.2) is 0 Å². The first-order chi connectivity index (χ1) is 8.33. The van der Waals surface area contributed by atoms with E-state index in [0.29, 0.717) is 0 Å². The minimum Gasteiger partial charge on any atom is -0.317 e. The Morgan fingerprint density at radius 1 is 1.12 bits per heavy atom. The topological polar surface area (TPSA) is 12.0 Å². The lowest BCUT2D eigenvalue weighted by atomic mass is 9.82. The average Bonchev–Trinajstić information content (AvgIpc) is 2.40. The first kappa shape index (κ1) is 13.0. The third kappa shape index (κ3) is 3.49. The molecule has 1 aromatic carbocycles. The molecule has 0 heterocycles. The van der Waals surface area contributed by atoms with Crippen molar-refractivity contribution in [2.24, 2.45) is 0 Å². The molecular formula is C15H23NS. The average molecular weight is 249 g/mol. The van der Waals surface area contributed by atoms with Crippen molar-refractivity contribution in [3.05, 3.63) is 29.8 Å². The summed E-state index contributed by atoms with van der Waals surface area (Å²) < 4.78 is 0. The number of thioether (sulfide) groups is 1. The van der Waals surface area contributed by atoms with Gasteiger partial charge in [0.2, 0.25) is 0 Å². The van der Waals surface area contributed by atoms with Crippen LogP contribution < -0.4 is 5.32 Å². The van der Waals surface area contributed by atoms with Crippen LogP contribution in [0.5, 0.6) is 0 Å². The quantitative estimate of drug-likeness (QED) is 0.808. The lowest BCUT2D eigenvalue weighted by molar-refractivity contribution is 0.358. The highest BCUT2D eigenvalue weighted by Gasteiger charge is 2.20. The molecule has 1 aromatic rings. The van der Waals surface area contributed by atoms with E-state index in [2.05, 4.69) is 43.6 Å². The van der Waals surface area contributed by atoms with E-state index < -0.39 is 0 Å². The molecule has 0 amide bonds. The van der Waals surface area contributed by atoms with Gasteiger partial charge in [0.25, 0.3) is 0 Å². The molecule has 1 N–H and O–H groups in total. The summed E-state index contributed by atoms with van der Waals surface area (Å²) in [4.78, 5) is 1.40. The molecule has 0 spiro atoms. The molecule has 1 saturated carbocycles. The Bertz CT molecular complexity index is 325. The predicted molar refractivity (Wildman–Crippen MR) is 76.9 cm³/mol. The van der Waals surface area contributed by atoms with Crippen molar-refractivity contribution < 1.29 is 0 Å². The van der Waals surface area contributed by atoms with Crippen LogP contribution in [0.25, 0.3) is 0 Å². The van der Waals surface area contributed by atoms with Gasteiger partial charge in [0.05, 0.1) is 0 Å². The van der Waals surface area contributed by atoms with Gasteiger partial charge >= 0.3 is 0 Å². The van der Waals surface area contributed by atoms with E-state index in [4.69, 9.17) is 0 Å². The Labute approximate surface area is 109 Å². The fourth-order valence-corrected chi connectivity index (χ4v) is 3.38. The number of hydrogen-bond donors (Lipinski definition) is 1. The number of hydrogen-bond acceptors (Lipinski definition) is 2. The lowest BCUT2D eigenvalue weighted by Gasteiger charge is -2.28. The van der Waals surface area contributed by atoms with Gasteiger partial charge in [0, 0.05) is 10.9 Å². The molecule has 0 atom stereocenters. The van der Waals surface area contributed by atoms with Gasteiger partial charge in [-0.05, 0) is 62.1 Å². The van der Waals surface area contributed by atoms with Crippen molar-refractivity contribution in [1.82, 2.24) is 5.32 Å². The second-order valence-corrected chi connectivity index (χ2v) is 6.18. The molecular weight excluding hydrogens is 226 g/mol. The Kier molecular flexibility index (Phi) is 4.93. The van der Waals surface area contributed by atoms with Crippen molar-refractivity contribution in [1.29, 1.82) is 0 Å². The van der Waals surface area contributed by atoms with E-state index in [0.717, 1.165) is 17.7 Å². The highest BCUT2D eigenvalue weighted by molar-refractivity contribution is 7.99. The molecule has 1 fully saturated rings. The maximum Gasteiger partial charge on any atom is 0.00720 e. The van der Waals surface area contributed by atoms with Crippen LogP contribution in [0.4, 0.5) is 0 Å². The Morgan fingerprint density at radius 2 is 1.76 bits per heavy atom. The molecule has 1 aliphatic carbocycles. The smallest absolute Gasteiger partial charge is 0.00720 e. The van der Waals surface area contributed by atoms with Crippen LogP contribution in [0, 0.1) is 0 Å². The second kappa shape index (κ2) is 6.46. The second-order valence-electron chi connectivity index (χ2n) is 4.84. The zero-order valence-corrected chi connectivity index (χ0v) is 11.7. The predicted octanol–water partition coefficient (Wildman–Crippen LogP) is 4.04. The molecule has 0 aliphatic heterocycles. The van der Waals surface area contributed by atoms with E-state index in [9.17, 15) is 0 Å². The fourth-order valence-electron chi connectivity index (χ4n) is 2.72. The van der Waals surface area contributed by atoms with Crippen molar-refractivity contribution in [2.45, 2.75) is 49.5 Å². The van der Waals surface area contributed by atoms with Gasteiger partial charge in [0.1, 0.15) is 0 Å². The number of rotatable bonds is 4. The Balaban J connectivity index is 1.94. The van der Waals surface area contributed by atoms with E-state index in [1.165, 1.54) is 30.6 Å². The molecule has 0 bridgehead atoms. The minimum absolute atomic E-state index is 0.751. The molecule has 2 heteroatoms. The van der Waals surface area contributed by atoms with E-state index >= 15 is 0 Å². The van der Waals surface area contributed by atoms with E-state index in [1.54, 1.807) is 5.56 Å². The van der Waals surface area contributed by atoms with Crippen LogP contribution in [0.1, 0.15) is 44.1 Å². The van der Waals surface area contributed by atoms with Crippen molar-refractivity contribution in [3.63, 3.8) is 0 Å². The number of nitrogens with one attached hydrogen (secondary N) is 1. The molecule has 94 valence electrons. The van der Waals surface area contributed by atoms with Crippen LogP contribution in [0.2, 0.25) is 0 Å². The van der Waals surface area contributed by atoms with E-state index in [1.807, 2.05) is 11.8 Å². The molecule has 17 heavy (non-hydrogen) atoms. The van der Waals surface area contributed by atoms with Crippen molar-refractivity contribution in [2.75, 3.05) is 12.8 Å². The maximum absolute atomic E-state index is 3.40. The highest BCUT2D eigenvalue weighted by atomic mass is 32.2. The summed E-state index contributed by atoms with van der Waals surface area (Å²) in [6, 6.07) is 9.99. The highest BCUT2D eigenvalue weighted by Crippen LogP contribution is 2.33.